The van der Waals surface area contributed by atoms with E-state index in [1.165, 1.54) is 12.5 Å². The van der Waals surface area contributed by atoms with Gasteiger partial charge < -0.3 is 15.8 Å². The number of carbonyl (C=O) groups is 1. The number of hydrogen-bond acceptors (Lipinski definition) is 5. The number of halogens is 2. The number of carbonyl (C=O) groups excluding carboxylic acids is 1. The molecule has 3 N–H and O–H groups in total. The summed E-state index contributed by atoms with van der Waals surface area (Å²) in [4.78, 5) is 22.0. The topological polar surface area (TPSA) is 107 Å². The Morgan fingerprint density at radius 3 is 2.58 bits per heavy atom. The van der Waals surface area contributed by atoms with E-state index in [-0.39, 0.29) is 42.8 Å². The predicted molar refractivity (Wildman–Crippen MR) is 95.8 cm³/mol. The minimum atomic E-state index is -0.987. The van der Waals surface area contributed by atoms with Gasteiger partial charge in [0.25, 0.3) is 5.91 Å². The summed E-state index contributed by atoms with van der Waals surface area (Å²) >= 11 is 0. The summed E-state index contributed by atoms with van der Waals surface area (Å²) in [5.74, 6) is -0.356. The van der Waals surface area contributed by atoms with Crippen LogP contribution in [0, 0.1) is 27.8 Å². The molecule has 2 unspecified atom stereocenters. The molecule has 0 aliphatic heterocycles. The molecule has 144 valence electrons. The van der Waals surface area contributed by atoms with Crippen molar-refractivity contribution in [1.29, 1.82) is 0 Å². The van der Waals surface area contributed by atoms with Crippen LogP contribution in [0.15, 0.2) is 18.2 Å². The summed E-state index contributed by atoms with van der Waals surface area (Å²) in [6.45, 7) is -0.251. The van der Waals surface area contributed by atoms with Gasteiger partial charge in [-0.25, -0.2) is 0 Å². The molecule has 7 nitrogen and oxygen atoms in total. The van der Waals surface area contributed by atoms with Crippen molar-refractivity contribution in [3.8, 4) is 5.75 Å². The van der Waals surface area contributed by atoms with Crippen molar-refractivity contribution in [3.05, 3.63) is 34.1 Å². The molecule has 3 rings (SSSR count). The zero-order chi connectivity index (χ0) is 18.0. The van der Waals surface area contributed by atoms with E-state index >= 15 is 0 Å². The lowest BCUT2D eigenvalue weighted by Gasteiger charge is -2.45. The molecular formula is C17H23ClFN3O4. The minimum Gasteiger partial charge on any atom is -0.484 e. The molecule has 2 aliphatic rings. The van der Waals surface area contributed by atoms with Crippen molar-refractivity contribution < 1.29 is 18.8 Å². The molecule has 0 radical (unpaired) electrons. The van der Waals surface area contributed by atoms with Gasteiger partial charge in [0.15, 0.2) is 6.61 Å². The zero-order valence-corrected chi connectivity index (χ0v) is 15.0. The Labute approximate surface area is 157 Å². The number of benzene rings is 1. The van der Waals surface area contributed by atoms with Crippen LogP contribution in [0.3, 0.4) is 0 Å². The number of amides is 1. The molecule has 0 spiro atoms. The molecule has 1 amide bonds. The van der Waals surface area contributed by atoms with Gasteiger partial charge in [0.1, 0.15) is 5.75 Å². The number of ether oxygens (including phenoxy) is 1. The van der Waals surface area contributed by atoms with E-state index in [9.17, 15) is 19.3 Å². The molecule has 2 atom stereocenters. The summed E-state index contributed by atoms with van der Waals surface area (Å²) in [7, 11) is 0. The molecule has 2 fully saturated rings. The Morgan fingerprint density at radius 1 is 1.35 bits per heavy atom. The summed E-state index contributed by atoms with van der Waals surface area (Å²) in [5, 5.41) is 13.6. The number of nitro benzene ring substituents is 1. The van der Waals surface area contributed by atoms with Crippen molar-refractivity contribution in [2.45, 2.75) is 44.2 Å². The zero-order valence-electron chi connectivity index (χ0n) is 14.2. The summed E-state index contributed by atoms with van der Waals surface area (Å²) in [5.41, 5.74) is 5.46. The lowest BCUT2D eigenvalue weighted by molar-refractivity contribution is -0.387. The lowest BCUT2D eigenvalue weighted by atomic mass is 9.67. The number of nitrogens with zero attached hydrogens (tertiary/aromatic N) is 1. The fourth-order valence-electron chi connectivity index (χ4n) is 4.13. The lowest BCUT2D eigenvalue weighted by Crippen LogP contribution is -2.54. The minimum absolute atomic E-state index is 0. The molecule has 1 aromatic rings. The highest BCUT2D eigenvalue weighted by atomic mass is 35.5. The van der Waals surface area contributed by atoms with E-state index in [2.05, 4.69) is 5.32 Å². The van der Waals surface area contributed by atoms with Crippen LogP contribution in [0.5, 0.6) is 5.75 Å². The van der Waals surface area contributed by atoms with Gasteiger partial charge in [-0.15, -0.1) is 12.4 Å². The first-order valence-electron chi connectivity index (χ1n) is 8.55. The van der Waals surface area contributed by atoms with Crippen molar-refractivity contribution in [2.24, 2.45) is 17.6 Å². The third-order valence-corrected chi connectivity index (χ3v) is 5.19. The Bertz CT molecular complexity index is 661. The standard InChI is InChI=1S/C17H22FN3O4.ClH/c18-14-8-13(4-5-15(14)21(23)24)25-9-16(22)20-17-10-2-1-3-11(17)7-12(19)6-10;/h4-5,8,10-12,17H,1-3,6-7,9,19H2,(H,20,22);1H. The van der Waals surface area contributed by atoms with Crippen LogP contribution in [0.4, 0.5) is 10.1 Å². The molecule has 2 saturated carbocycles. The summed E-state index contributed by atoms with van der Waals surface area (Å²) in [6, 6.07) is 3.55. The van der Waals surface area contributed by atoms with Crippen LogP contribution < -0.4 is 15.8 Å². The van der Waals surface area contributed by atoms with Crippen molar-refractivity contribution in [1.82, 2.24) is 5.32 Å². The number of rotatable bonds is 5. The van der Waals surface area contributed by atoms with Gasteiger partial charge in [-0.05, 0) is 43.6 Å². The summed E-state index contributed by atoms with van der Waals surface area (Å²) in [6.07, 6.45) is 5.17. The maximum Gasteiger partial charge on any atom is 0.305 e. The molecule has 9 heteroatoms. The van der Waals surface area contributed by atoms with Crippen molar-refractivity contribution in [3.63, 3.8) is 0 Å². The second-order valence-electron chi connectivity index (χ2n) is 6.93. The highest BCUT2D eigenvalue weighted by Gasteiger charge is 2.39. The van der Waals surface area contributed by atoms with Crippen LogP contribution in [0.25, 0.3) is 0 Å². The van der Waals surface area contributed by atoms with E-state index in [0.29, 0.717) is 11.8 Å². The number of fused-ring (bicyclic) bond motifs is 2. The normalized spacial score (nSPS) is 27.2. The van der Waals surface area contributed by atoms with Gasteiger partial charge in [-0.1, -0.05) is 6.42 Å². The van der Waals surface area contributed by atoms with Gasteiger partial charge >= 0.3 is 5.69 Å². The largest absolute Gasteiger partial charge is 0.484 e. The molecule has 0 aromatic heterocycles. The smallest absolute Gasteiger partial charge is 0.305 e. The van der Waals surface area contributed by atoms with E-state index in [1.807, 2.05) is 0 Å². The first-order chi connectivity index (χ1) is 11.9. The molecule has 1 aromatic carbocycles. The SMILES string of the molecule is Cl.NC1CC2CCCC(C1)C2NC(=O)COc1ccc([N+](=O)[O-])c(F)c1. The third kappa shape index (κ3) is 4.62. The van der Waals surface area contributed by atoms with Gasteiger partial charge in [0.05, 0.1) is 4.92 Å². The first kappa shape index (κ1) is 20.4. The quantitative estimate of drug-likeness (QED) is 0.596. The van der Waals surface area contributed by atoms with E-state index < -0.39 is 16.4 Å². The molecule has 0 saturated heterocycles. The highest BCUT2D eigenvalue weighted by molar-refractivity contribution is 5.85. The van der Waals surface area contributed by atoms with Crippen LogP contribution in [0.1, 0.15) is 32.1 Å². The Kier molecular flexibility index (Phi) is 6.77. The molecule has 26 heavy (non-hydrogen) atoms. The van der Waals surface area contributed by atoms with E-state index in [0.717, 1.165) is 37.8 Å². The Balaban J connectivity index is 0.00000243. The Hall–Kier alpha value is -1.93. The van der Waals surface area contributed by atoms with Gasteiger partial charge in [-0.2, -0.15) is 4.39 Å². The number of nitrogens with one attached hydrogen (secondary N) is 1. The van der Waals surface area contributed by atoms with Gasteiger partial charge in [0.2, 0.25) is 5.82 Å². The molecular weight excluding hydrogens is 365 g/mol. The Morgan fingerprint density at radius 2 is 2.00 bits per heavy atom. The van der Waals surface area contributed by atoms with Crippen LogP contribution >= 0.6 is 12.4 Å². The molecule has 2 aliphatic carbocycles. The van der Waals surface area contributed by atoms with Crippen LogP contribution in [-0.4, -0.2) is 29.5 Å². The highest BCUT2D eigenvalue weighted by Crippen LogP contribution is 2.39. The first-order valence-corrected chi connectivity index (χ1v) is 8.55. The molecule has 2 bridgehead atoms. The van der Waals surface area contributed by atoms with E-state index in [4.69, 9.17) is 10.5 Å². The monoisotopic (exact) mass is 387 g/mol. The van der Waals surface area contributed by atoms with Crippen molar-refractivity contribution in [2.75, 3.05) is 6.61 Å². The second-order valence-corrected chi connectivity index (χ2v) is 6.93. The van der Waals surface area contributed by atoms with E-state index in [1.54, 1.807) is 0 Å². The molecule has 0 heterocycles. The number of hydrogen-bond donors (Lipinski definition) is 2. The van der Waals surface area contributed by atoms with Crippen LogP contribution in [0.2, 0.25) is 0 Å². The predicted octanol–water partition coefficient (Wildman–Crippen LogP) is 2.56. The second kappa shape index (κ2) is 8.64. The maximum absolute atomic E-state index is 13.6. The average molecular weight is 388 g/mol. The van der Waals surface area contributed by atoms with Gasteiger partial charge in [0, 0.05) is 24.2 Å². The van der Waals surface area contributed by atoms with Crippen molar-refractivity contribution >= 4 is 24.0 Å². The number of nitrogens with two attached hydrogens (primary N) is 1. The third-order valence-electron chi connectivity index (χ3n) is 5.19. The maximum atomic E-state index is 13.6. The average Bonchev–Trinajstić information content (AvgIpc) is 2.53. The fraction of sp³-hybridized carbons (Fsp3) is 0.588. The fourth-order valence-corrected chi connectivity index (χ4v) is 4.13. The summed E-state index contributed by atoms with van der Waals surface area (Å²) < 4.78 is 18.8. The van der Waals surface area contributed by atoms with Crippen LogP contribution in [-0.2, 0) is 4.79 Å². The van der Waals surface area contributed by atoms with Gasteiger partial charge in [-0.3, -0.25) is 14.9 Å². The number of nitro groups is 1.